The van der Waals surface area contributed by atoms with Crippen LogP contribution in [-0.4, -0.2) is 37.7 Å². The van der Waals surface area contributed by atoms with Crippen molar-refractivity contribution in [1.29, 1.82) is 0 Å². The number of benzene rings is 2. The highest BCUT2D eigenvalue weighted by Gasteiger charge is 2.30. The minimum absolute atomic E-state index is 0.201. The normalized spacial score (nSPS) is 17.9. The molecule has 0 bridgehead atoms. The first-order chi connectivity index (χ1) is 18.1. The van der Waals surface area contributed by atoms with Crippen molar-refractivity contribution in [3.8, 4) is 11.3 Å². The van der Waals surface area contributed by atoms with Crippen molar-refractivity contribution in [2.75, 3.05) is 10.6 Å². The van der Waals surface area contributed by atoms with Crippen LogP contribution in [-0.2, 0) is 24.4 Å². The highest BCUT2D eigenvalue weighted by Crippen LogP contribution is 2.30. The SMILES string of the molecule is Cn1nc(NC(=O)Cc2cccc(C(F)(F)F)c2)cc1-c1ccc2nc(NC3CCC(N)CC3)ncc2c1. The van der Waals surface area contributed by atoms with Crippen molar-refractivity contribution in [3.63, 3.8) is 0 Å². The summed E-state index contributed by atoms with van der Waals surface area (Å²) in [6.45, 7) is 0. The van der Waals surface area contributed by atoms with Crippen LogP contribution < -0.4 is 16.4 Å². The first kappa shape index (κ1) is 25.7. The number of nitrogens with two attached hydrogens (primary N) is 1. The fourth-order valence-corrected chi connectivity index (χ4v) is 4.74. The fourth-order valence-electron chi connectivity index (χ4n) is 4.74. The lowest BCUT2D eigenvalue weighted by molar-refractivity contribution is -0.137. The number of aryl methyl sites for hydroxylation is 1. The Morgan fingerprint density at radius 2 is 1.89 bits per heavy atom. The number of amides is 1. The van der Waals surface area contributed by atoms with E-state index in [2.05, 4.69) is 25.7 Å². The fraction of sp³-hybridized carbons (Fsp3) is 0.333. The molecule has 0 radical (unpaired) electrons. The van der Waals surface area contributed by atoms with Crippen LogP contribution in [0.5, 0.6) is 0 Å². The summed E-state index contributed by atoms with van der Waals surface area (Å²) in [6, 6.07) is 12.8. The van der Waals surface area contributed by atoms with E-state index in [1.807, 2.05) is 18.2 Å². The molecule has 8 nitrogen and oxygen atoms in total. The number of halogens is 3. The molecule has 0 saturated heterocycles. The van der Waals surface area contributed by atoms with Crippen LogP contribution in [0.1, 0.15) is 36.8 Å². The van der Waals surface area contributed by atoms with E-state index < -0.39 is 17.6 Å². The van der Waals surface area contributed by atoms with E-state index in [0.717, 1.165) is 60.0 Å². The van der Waals surface area contributed by atoms with Crippen LogP contribution in [0, 0.1) is 0 Å². The molecular formula is C27H28F3N7O. The Balaban J connectivity index is 1.27. The molecular weight excluding hydrogens is 495 g/mol. The lowest BCUT2D eigenvalue weighted by Gasteiger charge is -2.26. The van der Waals surface area contributed by atoms with Gasteiger partial charge in [-0.25, -0.2) is 9.97 Å². The molecule has 5 rings (SSSR count). The highest BCUT2D eigenvalue weighted by molar-refractivity contribution is 5.92. The molecule has 2 aromatic heterocycles. The third-order valence-corrected chi connectivity index (χ3v) is 6.75. The van der Waals surface area contributed by atoms with E-state index in [-0.39, 0.29) is 18.0 Å². The molecule has 1 aliphatic carbocycles. The summed E-state index contributed by atoms with van der Waals surface area (Å²) in [5.74, 6) is 0.445. The molecule has 0 spiro atoms. The van der Waals surface area contributed by atoms with Crippen LogP contribution in [0.4, 0.5) is 24.9 Å². The first-order valence-electron chi connectivity index (χ1n) is 12.4. The van der Waals surface area contributed by atoms with E-state index >= 15 is 0 Å². The summed E-state index contributed by atoms with van der Waals surface area (Å²) >= 11 is 0. The van der Waals surface area contributed by atoms with Crippen molar-refractivity contribution in [3.05, 3.63) is 65.9 Å². The molecule has 11 heteroatoms. The lowest BCUT2D eigenvalue weighted by Crippen LogP contribution is -2.33. The number of carbonyl (C=O) groups is 1. The Morgan fingerprint density at radius 1 is 1.11 bits per heavy atom. The third kappa shape index (κ3) is 5.94. The Bertz CT molecular complexity index is 1460. The quantitative estimate of drug-likeness (QED) is 0.331. The molecule has 4 aromatic rings. The summed E-state index contributed by atoms with van der Waals surface area (Å²) < 4.78 is 40.5. The van der Waals surface area contributed by atoms with Crippen molar-refractivity contribution in [2.24, 2.45) is 12.8 Å². The van der Waals surface area contributed by atoms with Gasteiger partial charge in [0.05, 0.1) is 23.2 Å². The van der Waals surface area contributed by atoms with Crippen molar-refractivity contribution in [2.45, 2.75) is 50.4 Å². The number of rotatable bonds is 6. The highest BCUT2D eigenvalue weighted by atomic mass is 19.4. The molecule has 1 saturated carbocycles. The first-order valence-corrected chi connectivity index (χ1v) is 12.4. The molecule has 2 heterocycles. The molecule has 0 aliphatic heterocycles. The van der Waals surface area contributed by atoms with Gasteiger partial charge in [0.2, 0.25) is 11.9 Å². The van der Waals surface area contributed by atoms with Gasteiger partial charge in [-0.1, -0.05) is 24.3 Å². The summed E-state index contributed by atoms with van der Waals surface area (Å²) in [5, 5.41) is 11.3. The van der Waals surface area contributed by atoms with Gasteiger partial charge in [-0.15, -0.1) is 0 Å². The number of fused-ring (bicyclic) bond motifs is 1. The van der Waals surface area contributed by atoms with E-state index in [4.69, 9.17) is 5.73 Å². The van der Waals surface area contributed by atoms with Crippen molar-refractivity contribution < 1.29 is 18.0 Å². The van der Waals surface area contributed by atoms with Crippen molar-refractivity contribution in [1.82, 2.24) is 19.7 Å². The Hall–Kier alpha value is -3.99. The minimum Gasteiger partial charge on any atom is -0.351 e. The van der Waals surface area contributed by atoms with E-state index in [9.17, 15) is 18.0 Å². The number of anilines is 2. The topological polar surface area (TPSA) is 111 Å². The number of hydrogen-bond acceptors (Lipinski definition) is 6. The van der Waals surface area contributed by atoms with Crippen LogP contribution in [0.15, 0.2) is 54.7 Å². The van der Waals surface area contributed by atoms with Gasteiger partial charge in [0, 0.05) is 42.3 Å². The largest absolute Gasteiger partial charge is 0.416 e. The predicted molar refractivity (Wildman–Crippen MR) is 139 cm³/mol. The Kier molecular flexibility index (Phi) is 7.02. The maximum Gasteiger partial charge on any atom is 0.416 e. The number of carbonyl (C=O) groups excluding carboxylic acids is 1. The molecule has 4 N–H and O–H groups in total. The third-order valence-electron chi connectivity index (χ3n) is 6.75. The Morgan fingerprint density at radius 3 is 2.66 bits per heavy atom. The molecule has 0 atom stereocenters. The van der Waals surface area contributed by atoms with Crippen LogP contribution in [0.2, 0.25) is 0 Å². The van der Waals surface area contributed by atoms with Gasteiger partial charge in [-0.3, -0.25) is 9.48 Å². The summed E-state index contributed by atoms with van der Waals surface area (Å²) in [6.07, 6.45) is 1.10. The van der Waals surface area contributed by atoms with Gasteiger partial charge in [0.25, 0.3) is 0 Å². The summed E-state index contributed by atoms with van der Waals surface area (Å²) in [5.41, 5.74) is 7.88. The number of aromatic nitrogens is 4. The summed E-state index contributed by atoms with van der Waals surface area (Å²) in [4.78, 5) is 21.6. The molecule has 198 valence electrons. The van der Waals surface area contributed by atoms with Gasteiger partial charge in [-0.2, -0.15) is 18.3 Å². The lowest BCUT2D eigenvalue weighted by atomic mass is 9.92. The van der Waals surface area contributed by atoms with Crippen LogP contribution >= 0.6 is 0 Å². The zero-order valence-electron chi connectivity index (χ0n) is 20.8. The molecule has 0 unspecified atom stereocenters. The zero-order chi connectivity index (χ0) is 26.9. The smallest absolute Gasteiger partial charge is 0.351 e. The number of nitrogens with zero attached hydrogens (tertiary/aromatic N) is 4. The van der Waals surface area contributed by atoms with E-state index in [1.165, 1.54) is 12.1 Å². The van der Waals surface area contributed by atoms with Gasteiger partial charge in [0.15, 0.2) is 5.82 Å². The average molecular weight is 524 g/mol. The minimum atomic E-state index is -4.46. The maximum atomic E-state index is 13.0. The van der Waals surface area contributed by atoms with Gasteiger partial charge in [0.1, 0.15) is 0 Å². The number of alkyl halides is 3. The van der Waals surface area contributed by atoms with Gasteiger partial charge in [-0.05, 0) is 49.4 Å². The number of nitrogens with one attached hydrogen (secondary N) is 2. The second kappa shape index (κ2) is 10.4. The van der Waals surface area contributed by atoms with Crippen LogP contribution in [0.25, 0.3) is 22.2 Å². The Labute approximate surface area is 217 Å². The molecule has 1 amide bonds. The monoisotopic (exact) mass is 523 g/mol. The molecule has 1 fully saturated rings. The summed E-state index contributed by atoms with van der Waals surface area (Å²) in [7, 11) is 1.75. The zero-order valence-corrected chi connectivity index (χ0v) is 20.8. The predicted octanol–water partition coefficient (Wildman–Crippen LogP) is 4.91. The van der Waals surface area contributed by atoms with E-state index in [1.54, 1.807) is 24.0 Å². The molecule has 2 aromatic carbocycles. The van der Waals surface area contributed by atoms with E-state index in [0.29, 0.717) is 17.8 Å². The van der Waals surface area contributed by atoms with Gasteiger partial charge < -0.3 is 16.4 Å². The second-order valence-electron chi connectivity index (χ2n) is 9.68. The second-order valence-corrected chi connectivity index (χ2v) is 9.68. The number of hydrogen-bond donors (Lipinski definition) is 3. The standard InChI is InChI=1S/C27H28F3N7O/c1-37-23(14-24(36-37)35-25(38)12-16-3-2-4-19(11-16)27(28,29)30)17-5-10-22-18(13-17)15-32-26(34-22)33-21-8-6-20(31)7-9-21/h2-5,10-11,13-15,20-21H,6-9,12,31H2,1H3,(H,32,33,34)(H,35,36,38). The maximum absolute atomic E-state index is 13.0. The average Bonchev–Trinajstić information content (AvgIpc) is 3.24. The van der Waals surface area contributed by atoms with Crippen molar-refractivity contribution >= 4 is 28.6 Å². The molecule has 1 aliphatic rings. The van der Waals surface area contributed by atoms with Gasteiger partial charge >= 0.3 is 6.18 Å². The van der Waals surface area contributed by atoms with Crippen LogP contribution in [0.3, 0.4) is 0 Å². The molecule has 38 heavy (non-hydrogen) atoms.